The average molecular weight is 327 g/mol. The first-order chi connectivity index (χ1) is 11.6. The van der Waals surface area contributed by atoms with Gasteiger partial charge in [0.15, 0.2) is 5.69 Å². The summed E-state index contributed by atoms with van der Waals surface area (Å²) in [7, 11) is 0. The van der Waals surface area contributed by atoms with Gasteiger partial charge in [-0.05, 0) is 12.5 Å². The predicted molar refractivity (Wildman–Crippen MR) is 82.5 cm³/mol. The summed E-state index contributed by atoms with van der Waals surface area (Å²) in [6.07, 6.45) is 2.31. The lowest BCUT2D eigenvalue weighted by atomic mass is 10.1. The van der Waals surface area contributed by atoms with Crippen molar-refractivity contribution in [2.24, 2.45) is 0 Å². The zero-order chi connectivity index (χ0) is 16.7. The fourth-order valence-electron chi connectivity index (χ4n) is 3.05. The number of amides is 1. The van der Waals surface area contributed by atoms with Crippen molar-refractivity contribution < 1.29 is 14.2 Å². The van der Waals surface area contributed by atoms with E-state index in [1.807, 2.05) is 0 Å². The summed E-state index contributed by atoms with van der Waals surface area (Å²) in [5.41, 5.74) is 1.55. The van der Waals surface area contributed by atoms with Crippen molar-refractivity contribution in [2.45, 2.75) is 12.3 Å². The molecule has 1 fully saturated rings. The molecule has 3 aromatic rings. The van der Waals surface area contributed by atoms with E-state index in [0.717, 1.165) is 12.1 Å². The van der Waals surface area contributed by atoms with Gasteiger partial charge in [0.05, 0.1) is 16.1 Å². The molecule has 1 aliphatic heterocycles. The third kappa shape index (κ3) is 2.30. The summed E-state index contributed by atoms with van der Waals surface area (Å²) < 4.78 is 4.85. The minimum Gasteiger partial charge on any atom is -0.365 e. The Balaban J connectivity index is 1.62. The third-order valence-corrected chi connectivity index (χ3v) is 4.31. The smallest absolute Gasteiger partial charge is 0.275 e. The Kier molecular flexibility index (Phi) is 3.26. The molecule has 0 aliphatic carbocycles. The van der Waals surface area contributed by atoms with Crippen LogP contribution in [0.5, 0.6) is 0 Å². The van der Waals surface area contributed by atoms with Crippen LogP contribution >= 0.6 is 0 Å². The Hall–Kier alpha value is -3.23. The Morgan fingerprint density at radius 1 is 1.42 bits per heavy atom. The Bertz CT molecular complexity index is 917. The number of hydrogen-bond acceptors (Lipinski definition) is 6. The normalized spacial score (nSPS) is 17.5. The lowest BCUT2D eigenvalue weighted by molar-refractivity contribution is -0.384. The van der Waals surface area contributed by atoms with Crippen LogP contribution in [0.15, 0.2) is 35.1 Å². The van der Waals surface area contributed by atoms with E-state index < -0.39 is 4.92 Å². The van der Waals surface area contributed by atoms with E-state index in [-0.39, 0.29) is 23.2 Å². The Morgan fingerprint density at radius 2 is 2.29 bits per heavy atom. The molecular formula is C15H13N5O4. The SMILES string of the molecule is O=C(c1n[nH]c2ccc([N+](=O)[O-])cc12)N1CCC(c2ccon2)C1. The van der Waals surface area contributed by atoms with E-state index in [2.05, 4.69) is 15.4 Å². The molecule has 0 bridgehead atoms. The minimum atomic E-state index is -0.489. The number of likely N-dealkylation sites (tertiary alicyclic amines) is 1. The van der Waals surface area contributed by atoms with Crippen molar-refractivity contribution in [2.75, 3.05) is 13.1 Å². The number of non-ortho nitro benzene ring substituents is 1. The maximum atomic E-state index is 12.7. The van der Waals surface area contributed by atoms with Crippen LogP contribution < -0.4 is 0 Å². The van der Waals surface area contributed by atoms with E-state index in [4.69, 9.17) is 4.52 Å². The molecule has 9 heteroatoms. The Morgan fingerprint density at radius 3 is 3.04 bits per heavy atom. The van der Waals surface area contributed by atoms with Crippen LogP contribution in [0.1, 0.15) is 28.5 Å². The molecule has 1 amide bonds. The molecule has 1 aliphatic rings. The number of aromatic nitrogens is 3. The van der Waals surface area contributed by atoms with Gasteiger partial charge in [-0.3, -0.25) is 20.0 Å². The highest BCUT2D eigenvalue weighted by molar-refractivity contribution is 6.05. The molecular weight excluding hydrogens is 314 g/mol. The van der Waals surface area contributed by atoms with Crippen molar-refractivity contribution in [3.05, 3.63) is 52.0 Å². The molecule has 0 radical (unpaired) electrons. The van der Waals surface area contributed by atoms with Crippen LogP contribution in [0.3, 0.4) is 0 Å². The summed E-state index contributed by atoms with van der Waals surface area (Å²) in [5.74, 6) is -0.111. The number of H-pyrrole nitrogens is 1. The molecule has 0 saturated carbocycles. The molecule has 1 unspecified atom stereocenters. The van der Waals surface area contributed by atoms with Crippen LogP contribution in [0.25, 0.3) is 10.9 Å². The second-order valence-electron chi connectivity index (χ2n) is 5.72. The highest BCUT2D eigenvalue weighted by Gasteiger charge is 2.31. The fourth-order valence-corrected chi connectivity index (χ4v) is 3.05. The Labute approximate surface area is 135 Å². The van der Waals surface area contributed by atoms with Crippen molar-refractivity contribution in [1.29, 1.82) is 0 Å². The second-order valence-corrected chi connectivity index (χ2v) is 5.72. The van der Waals surface area contributed by atoms with Crippen LogP contribution in [-0.2, 0) is 0 Å². The first-order valence-electron chi connectivity index (χ1n) is 7.45. The molecule has 1 N–H and O–H groups in total. The van der Waals surface area contributed by atoms with Crippen molar-refractivity contribution >= 4 is 22.5 Å². The number of aromatic amines is 1. The molecule has 122 valence electrons. The zero-order valence-corrected chi connectivity index (χ0v) is 12.5. The van der Waals surface area contributed by atoms with Gasteiger partial charge in [-0.1, -0.05) is 5.16 Å². The largest absolute Gasteiger partial charge is 0.365 e. The van der Waals surface area contributed by atoms with Gasteiger partial charge in [0.1, 0.15) is 6.26 Å². The van der Waals surface area contributed by atoms with E-state index in [0.29, 0.717) is 24.0 Å². The average Bonchev–Trinajstić information content (AvgIpc) is 3.31. The molecule has 9 nitrogen and oxygen atoms in total. The van der Waals surface area contributed by atoms with Crippen LogP contribution in [0.2, 0.25) is 0 Å². The molecule has 2 aromatic heterocycles. The minimum absolute atomic E-state index is 0.0696. The molecule has 3 heterocycles. The lowest BCUT2D eigenvalue weighted by Crippen LogP contribution is -2.29. The number of nitrogens with one attached hydrogen (secondary N) is 1. The van der Waals surface area contributed by atoms with Crippen LogP contribution in [-0.4, -0.2) is 44.2 Å². The van der Waals surface area contributed by atoms with Crippen molar-refractivity contribution in [1.82, 2.24) is 20.3 Å². The first-order valence-corrected chi connectivity index (χ1v) is 7.45. The fraction of sp³-hybridized carbons (Fsp3) is 0.267. The number of rotatable bonds is 3. The van der Waals surface area contributed by atoms with Gasteiger partial charge in [-0.2, -0.15) is 5.10 Å². The number of nitrogens with zero attached hydrogens (tertiary/aromatic N) is 4. The number of benzene rings is 1. The van der Waals surface area contributed by atoms with E-state index in [1.54, 1.807) is 17.0 Å². The van der Waals surface area contributed by atoms with Crippen LogP contribution in [0, 0.1) is 10.1 Å². The highest BCUT2D eigenvalue weighted by atomic mass is 16.6. The lowest BCUT2D eigenvalue weighted by Gasteiger charge is -2.14. The van der Waals surface area contributed by atoms with E-state index >= 15 is 0 Å². The molecule has 1 saturated heterocycles. The summed E-state index contributed by atoms with van der Waals surface area (Å²) in [6, 6.07) is 6.11. The molecule has 1 aromatic carbocycles. The summed E-state index contributed by atoms with van der Waals surface area (Å²) in [4.78, 5) is 24.9. The third-order valence-electron chi connectivity index (χ3n) is 4.31. The number of nitro groups is 1. The topological polar surface area (TPSA) is 118 Å². The summed E-state index contributed by atoms with van der Waals surface area (Å²) in [5, 5.41) is 22.1. The monoisotopic (exact) mass is 327 g/mol. The van der Waals surface area contributed by atoms with Gasteiger partial charge in [0, 0.05) is 42.6 Å². The summed E-state index contributed by atoms with van der Waals surface area (Å²) >= 11 is 0. The number of carbonyl (C=O) groups excluding carboxylic acids is 1. The van der Waals surface area contributed by atoms with Gasteiger partial charge < -0.3 is 9.42 Å². The standard InChI is InChI=1S/C15H13N5O4/c21-15(19-5-3-9(8-19)12-4-6-24-18-12)14-11-7-10(20(22)23)1-2-13(11)16-17-14/h1-2,4,6-7,9H,3,5,8H2,(H,16,17). The van der Waals surface area contributed by atoms with Gasteiger partial charge in [-0.15, -0.1) is 0 Å². The predicted octanol–water partition coefficient (Wildman–Crippen LogP) is 2.09. The molecule has 1 atom stereocenters. The summed E-state index contributed by atoms with van der Waals surface area (Å²) in [6.45, 7) is 1.11. The molecule has 0 spiro atoms. The first kappa shape index (κ1) is 14.4. The number of fused-ring (bicyclic) bond motifs is 1. The quantitative estimate of drug-likeness (QED) is 0.581. The number of hydrogen-bond donors (Lipinski definition) is 1. The molecule has 24 heavy (non-hydrogen) atoms. The maximum Gasteiger partial charge on any atom is 0.275 e. The maximum absolute atomic E-state index is 12.7. The molecule has 4 rings (SSSR count). The second kappa shape index (κ2) is 5.44. The zero-order valence-electron chi connectivity index (χ0n) is 12.5. The van der Waals surface area contributed by atoms with E-state index in [1.165, 1.54) is 18.4 Å². The van der Waals surface area contributed by atoms with Gasteiger partial charge in [0.25, 0.3) is 11.6 Å². The number of nitro benzene ring substituents is 1. The number of carbonyl (C=O) groups is 1. The van der Waals surface area contributed by atoms with Crippen LogP contribution in [0.4, 0.5) is 5.69 Å². The van der Waals surface area contributed by atoms with Crippen molar-refractivity contribution in [3.63, 3.8) is 0 Å². The van der Waals surface area contributed by atoms with Crippen molar-refractivity contribution in [3.8, 4) is 0 Å². The highest BCUT2D eigenvalue weighted by Crippen LogP contribution is 2.29. The van der Waals surface area contributed by atoms with Gasteiger partial charge in [-0.25, -0.2) is 0 Å². The van der Waals surface area contributed by atoms with Gasteiger partial charge >= 0.3 is 0 Å². The van der Waals surface area contributed by atoms with E-state index in [9.17, 15) is 14.9 Å². The van der Waals surface area contributed by atoms with Gasteiger partial charge in [0.2, 0.25) is 0 Å².